The Hall–Kier alpha value is -8.29. The van der Waals surface area contributed by atoms with E-state index in [1.807, 2.05) is 97.5 Å². The zero-order valence-corrected chi connectivity index (χ0v) is 68.9. The fourth-order valence-electron chi connectivity index (χ4n) is 17.4. The first-order chi connectivity index (χ1) is 58.4. The summed E-state index contributed by atoms with van der Waals surface area (Å²) in [6.45, 7) is 1.98. The van der Waals surface area contributed by atoms with Crippen LogP contribution in [0.5, 0.6) is 17.2 Å². The summed E-state index contributed by atoms with van der Waals surface area (Å²) in [5, 5.41) is 171. The second-order valence-corrected chi connectivity index (χ2v) is 34.0. The van der Waals surface area contributed by atoms with Gasteiger partial charge in [0.1, 0.15) is 153 Å². The third-order valence-corrected chi connectivity index (χ3v) is 25.3. The lowest BCUT2D eigenvalue weighted by molar-refractivity contribution is -0.231. The highest BCUT2D eigenvalue weighted by molar-refractivity contribution is 7.99. The number of nitrogens with two attached hydrogens (primary N) is 1. The molecule has 0 bridgehead atoms. The third-order valence-electron chi connectivity index (χ3n) is 24.3. The van der Waals surface area contributed by atoms with Crippen LogP contribution in [-0.4, -0.2) is 266 Å². The van der Waals surface area contributed by atoms with Crippen molar-refractivity contribution in [2.75, 3.05) is 113 Å². The zero-order valence-electron chi connectivity index (χ0n) is 68.1. The number of thioether (sulfide) groups is 1. The summed E-state index contributed by atoms with van der Waals surface area (Å²) >= 11 is 1.84. The number of nitrogen functional groups attached to an aromatic ring is 1. The molecule has 1 saturated carbocycles. The lowest BCUT2D eigenvalue weighted by Crippen LogP contribution is -2.55. The van der Waals surface area contributed by atoms with Gasteiger partial charge >= 0.3 is 0 Å². The van der Waals surface area contributed by atoms with Crippen LogP contribution in [0.2, 0.25) is 0 Å². The summed E-state index contributed by atoms with van der Waals surface area (Å²) in [4.78, 5) is 3.26. The maximum absolute atomic E-state index is 10.6. The highest BCUT2D eigenvalue weighted by Gasteiger charge is 2.48. The Morgan fingerprint density at radius 1 is 0.405 bits per heavy atom. The summed E-state index contributed by atoms with van der Waals surface area (Å²) in [7, 11) is 5.54. The van der Waals surface area contributed by atoms with E-state index in [-0.39, 0.29) is 0 Å². The predicted octanol–water partition coefficient (Wildman–Crippen LogP) is 4.71. The van der Waals surface area contributed by atoms with Gasteiger partial charge in [-0.1, -0.05) is 84.9 Å². The minimum atomic E-state index is -1.42. The Morgan fingerprint density at radius 3 is 1.31 bits per heavy atom. The van der Waals surface area contributed by atoms with Gasteiger partial charge in [0.25, 0.3) is 0 Å². The number of hydrogen-bond donors (Lipinski definition) is 20. The van der Waals surface area contributed by atoms with Crippen molar-refractivity contribution >= 4 is 40.2 Å². The van der Waals surface area contributed by atoms with Gasteiger partial charge in [-0.3, -0.25) is 0 Å². The van der Waals surface area contributed by atoms with Crippen molar-refractivity contribution < 1.29 is 115 Å². The van der Waals surface area contributed by atoms with Crippen LogP contribution in [0.4, 0.5) is 28.4 Å². The molecule has 9 aliphatic rings. The van der Waals surface area contributed by atoms with Crippen LogP contribution in [0.15, 0.2) is 150 Å². The van der Waals surface area contributed by atoms with Crippen LogP contribution < -0.4 is 40.8 Å². The fraction of sp³-hybridized carbons (Fsp3) is 0.478. The van der Waals surface area contributed by atoms with Crippen molar-refractivity contribution in [3.05, 3.63) is 229 Å². The van der Waals surface area contributed by atoms with Gasteiger partial charge < -0.3 is 141 Å². The number of benzene rings is 8. The molecule has 8 aromatic rings. The van der Waals surface area contributed by atoms with Gasteiger partial charge in [0.15, 0.2) is 0 Å². The molecule has 20 atom stereocenters. The lowest BCUT2D eigenvalue weighted by atomic mass is 9.86. The number of aliphatic hydroxyl groups is 16. The maximum Gasteiger partial charge on any atom is 0.142 e. The molecule has 121 heavy (non-hydrogen) atoms. The first-order valence-corrected chi connectivity index (χ1v) is 42.7. The summed E-state index contributed by atoms with van der Waals surface area (Å²) in [6, 6.07) is 47.9. The van der Waals surface area contributed by atoms with Crippen molar-refractivity contribution in [1.29, 1.82) is 0 Å². The van der Waals surface area contributed by atoms with Gasteiger partial charge in [-0.05, 0) is 208 Å². The molecule has 0 aromatic heterocycles. The van der Waals surface area contributed by atoms with Gasteiger partial charge in [-0.15, -0.1) is 11.8 Å². The van der Waals surface area contributed by atoms with Crippen molar-refractivity contribution in [3.8, 4) is 17.2 Å². The number of methoxy groups -OCH3 is 1. The van der Waals surface area contributed by atoms with Gasteiger partial charge in [0.05, 0.1) is 44.9 Å². The minimum Gasteiger partial charge on any atom is -0.496 e. The van der Waals surface area contributed by atoms with E-state index in [0.29, 0.717) is 66.5 Å². The zero-order chi connectivity index (χ0) is 85.4. The van der Waals surface area contributed by atoms with E-state index in [9.17, 15) is 81.7 Å². The Morgan fingerprint density at radius 2 is 0.810 bits per heavy atom. The topological polar surface area (TPSA) is 454 Å². The number of nitrogens with one attached hydrogen (secondary N) is 3. The maximum atomic E-state index is 10.6. The number of ether oxygens (including phenoxy) is 7. The normalized spacial score (nSPS) is 29.0. The molecule has 28 nitrogen and oxygen atoms in total. The summed E-state index contributed by atoms with van der Waals surface area (Å²) in [6.07, 6.45) is -13.4. The number of nitrogens with zero attached hydrogens (tertiary/aromatic N) is 1. The highest BCUT2D eigenvalue weighted by atomic mass is 32.2. The minimum absolute atomic E-state index is 0.413. The van der Waals surface area contributed by atoms with Crippen LogP contribution in [0.25, 0.3) is 0 Å². The Labute approximate surface area is 707 Å². The average Bonchev–Trinajstić information content (AvgIpc) is 1.48. The molecular weight excluding hydrogens is 1580 g/mol. The number of hydrogen-bond acceptors (Lipinski definition) is 29. The Kier molecular flexibility index (Phi) is 29.5. The molecule has 7 heterocycles. The van der Waals surface area contributed by atoms with E-state index < -0.39 is 149 Å². The number of fused-ring (bicyclic) bond motifs is 4. The molecule has 0 amide bonds. The van der Waals surface area contributed by atoms with E-state index in [1.54, 1.807) is 31.4 Å². The number of aryl methyl sites for hydroxylation is 2. The summed E-state index contributed by atoms with van der Waals surface area (Å²) in [5.41, 5.74) is 26.4. The average molecular weight is 1690 g/mol. The first kappa shape index (κ1) is 89.0. The lowest BCUT2D eigenvalue weighted by Gasteiger charge is -2.40. The molecule has 8 aromatic carbocycles. The standard InChI is InChI=1S/C26H32O5.C23H30N2O6.C22H27NO6S.C21H26N2O6/c27-14-22-23(28)24(29)25(30)26(31-22)19-9-10-21(17-7-8-17)20(13-19)12-15-5-6-16-3-1-2-4-18(16)11-15;1-25(2)17-5-4-14(23-22(29)21(28)20(27)19(12-26)31-23)11-15(17)9-13-3-6-18-16(10-13)24-7-8-30-18;1-28-16-4-3-13(22-21(27)20(26)19(25)17(11-24)29-22)10-14(16)8-12-2-5-18-15(9-12)23-6-7-30-18;22-14-3-2-12(21-20(27)19(26)18(25)17(10-24)29-21)9-13(14)7-11-1-4-16-15(8-11)23-5-6-28-16/h5-6,9-11,13,17,22-30H,1-4,7-8,12,14H2;3-6,10-11,19-24,26-29H,7-9,12H2,1-2H3;2-5,9-10,17,19-27H,6-8,11H2,1H3;1-4,8-9,17-21,23-27H,5-7,10,22H2/t22-,23-,24+,25-,26+;19-,20-,21+,22-,23+;17-,19-,20+,21-,22+;17-,18-,19+,20-,21+/m1111/s1. The molecule has 17 rings (SSSR count). The molecular formula is C92H115N5O23S. The van der Waals surface area contributed by atoms with E-state index >= 15 is 0 Å². The smallest absolute Gasteiger partial charge is 0.142 e. The molecule has 29 heteroatoms. The molecule has 0 spiro atoms. The van der Waals surface area contributed by atoms with E-state index in [4.69, 9.17) is 38.9 Å². The SMILES string of the molecule is CN(C)c1ccc([C@@H]2O[C@H](CO)[C@@H](O)[C@H](O)[C@H]2O)cc1Cc1ccc2c(c1)NCCO2.COc1ccc([C@@H]2O[C@H](CO)[C@@H](O)[C@H](O)[C@H]2O)cc1Cc1ccc2c(c1)NCCS2.Nc1ccc([C@@H]2O[C@H](CO)[C@@H](O)[C@H](O)[C@H]2O)cc1Cc1ccc2c(c1)NCCO2.OC[C@H]1O[C@@H](c2ccc(C3CC3)c(Cc3ccc4c(c3)CCCC4)c2)[C@H](O)[C@@H](O)[C@@H]1O. The van der Waals surface area contributed by atoms with E-state index in [0.717, 1.165) is 111 Å². The second kappa shape index (κ2) is 40.1. The predicted molar refractivity (Wildman–Crippen MR) is 455 cm³/mol. The van der Waals surface area contributed by atoms with Crippen LogP contribution >= 0.6 is 11.8 Å². The van der Waals surface area contributed by atoms with Crippen molar-refractivity contribution in [2.24, 2.45) is 0 Å². The molecule has 652 valence electrons. The quantitative estimate of drug-likeness (QED) is 0.0487. The second-order valence-electron chi connectivity index (χ2n) is 32.9. The first-order valence-electron chi connectivity index (χ1n) is 41.7. The Bertz CT molecular complexity index is 4660. The highest BCUT2D eigenvalue weighted by Crippen LogP contribution is 2.46. The molecule has 7 aliphatic heterocycles. The van der Waals surface area contributed by atoms with Crippen LogP contribution in [0.1, 0.15) is 139 Å². The molecule has 2 aliphatic carbocycles. The molecule has 0 radical (unpaired) electrons. The number of aliphatic hydroxyl groups excluding tert-OH is 16. The monoisotopic (exact) mass is 1690 g/mol. The van der Waals surface area contributed by atoms with Gasteiger partial charge in [-0.2, -0.15) is 0 Å². The summed E-state index contributed by atoms with van der Waals surface area (Å²) < 4.78 is 39.7. The largest absolute Gasteiger partial charge is 0.496 e. The van der Waals surface area contributed by atoms with Gasteiger partial charge in [0.2, 0.25) is 0 Å². The van der Waals surface area contributed by atoms with Crippen LogP contribution in [0, 0.1) is 0 Å². The summed E-state index contributed by atoms with van der Waals surface area (Å²) in [5.74, 6) is 4.03. The third kappa shape index (κ3) is 20.4. The van der Waals surface area contributed by atoms with Crippen LogP contribution in [0.3, 0.4) is 0 Å². The van der Waals surface area contributed by atoms with Crippen molar-refractivity contribution in [3.63, 3.8) is 0 Å². The molecule has 0 unspecified atom stereocenters. The number of rotatable bonds is 19. The Balaban J connectivity index is 0.000000132. The van der Waals surface area contributed by atoms with Crippen molar-refractivity contribution in [1.82, 2.24) is 0 Å². The molecule has 21 N–H and O–H groups in total. The van der Waals surface area contributed by atoms with E-state index in [1.165, 1.54) is 64.8 Å². The molecule has 5 fully saturated rings. The van der Waals surface area contributed by atoms with Gasteiger partial charge in [0, 0.05) is 67.9 Å². The van der Waals surface area contributed by atoms with Crippen molar-refractivity contribution in [2.45, 2.75) is 197 Å². The van der Waals surface area contributed by atoms with Gasteiger partial charge in [-0.25, -0.2) is 0 Å². The molecule has 4 saturated heterocycles. The number of anilines is 5. The van der Waals surface area contributed by atoms with E-state index in [2.05, 4.69) is 70.5 Å². The fourth-order valence-corrected chi connectivity index (χ4v) is 18.2. The van der Waals surface area contributed by atoms with Crippen LogP contribution in [-0.2, 0) is 57.5 Å².